The van der Waals surface area contributed by atoms with Gasteiger partial charge in [0.25, 0.3) is 0 Å². The summed E-state index contributed by atoms with van der Waals surface area (Å²) in [7, 11) is 0. The summed E-state index contributed by atoms with van der Waals surface area (Å²) in [5.74, 6) is 2.71. The molecule has 0 atom stereocenters. The summed E-state index contributed by atoms with van der Waals surface area (Å²) in [6, 6.07) is 16.9. The van der Waals surface area contributed by atoms with Crippen molar-refractivity contribution in [1.82, 2.24) is 19.6 Å². The van der Waals surface area contributed by atoms with Crippen LogP contribution in [0.2, 0.25) is 0 Å². The molecule has 3 heterocycles. The van der Waals surface area contributed by atoms with Gasteiger partial charge in [0.1, 0.15) is 5.82 Å². The second kappa shape index (κ2) is 6.89. The zero-order valence-electron chi connectivity index (χ0n) is 16.5. The summed E-state index contributed by atoms with van der Waals surface area (Å²) in [4.78, 5) is 7.48. The van der Waals surface area contributed by atoms with E-state index in [9.17, 15) is 0 Å². The summed E-state index contributed by atoms with van der Waals surface area (Å²) in [6.45, 7) is 6.51. The summed E-state index contributed by atoms with van der Waals surface area (Å²) in [6.07, 6.45) is 3.15. The van der Waals surface area contributed by atoms with Crippen LogP contribution in [0.4, 0.5) is 5.95 Å². The Balaban J connectivity index is 1.70. The van der Waals surface area contributed by atoms with Gasteiger partial charge >= 0.3 is 0 Å². The molecular weight excluding hydrogens is 346 g/mol. The molecule has 0 radical (unpaired) electrons. The Morgan fingerprint density at radius 1 is 1.00 bits per heavy atom. The zero-order chi connectivity index (χ0) is 19.1. The van der Waals surface area contributed by atoms with Gasteiger partial charge in [0.05, 0.1) is 5.52 Å². The minimum atomic E-state index is 0.748. The number of anilines is 1. The first-order valence-electron chi connectivity index (χ1n) is 10.1. The van der Waals surface area contributed by atoms with Gasteiger partial charge in [-0.3, -0.25) is 0 Å². The van der Waals surface area contributed by atoms with Gasteiger partial charge in [-0.1, -0.05) is 48.9 Å². The van der Waals surface area contributed by atoms with E-state index in [0.29, 0.717) is 0 Å². The highest BCUT2D eigenvalue weighted by Crippen LogP contribution is 2.28. The van der Waals surface area contributed by atoms with Crippen molar-refractivity contribution in [3.05, 3.63) is 65.5 Å². The van der Waals surface area contributed by atoms with E-state index in [4.69, 9.17) is 4.98 Å². The van der Waals surface area contributed by atoms with Gasteiger partial charge in [-0.15, -0.1) is 10.2 Å². The lowest BCUT2D eigenvalue weighted by atomic mass is 9.99. The Kier molecular flexibility index (Phi) is 4.23. The smallest absolute Gasteiger partial charge is 0.213 e. The quantitative estimate of drug-likeness (QED) is 0.535. The molecule has 1 aliphatic heterocycles. The molecule has 5 nitrogen and oxygen atoms in total. The van der Waals surface area contributed by atoms with Crippen molar-refractivity contribution in [2.45, 2.75) is 33.1 Å². The van der Waals surface area contributed by atoms with Crippen LogP contribution in [0.25, 0.3) is 16.6 Å². The average molecular weight is 371 g/mol. The first-order chi connectivity index (χ1) is 13.7. The summed E-state index contributed by atoms with van der Waals surface area (Å²) >= 11 is 0. The second-order valence-corrected chi connectivity index (χ2v) is 8.04. The van der Waals surface area contributed by atoms with Crippen LogP contribution in [0.3, 0.4) is 0 Å². The van der Waals surface area contributed by atoms with E-state index in [0.717, 1.165) is 53.8 Å². The van der Waals surface area contributed by atoms with Gasteiger partial charge < -0.3 is 4.90 Å². The minimum absolute atomic E-state index is 0.748. The van der Waals surface area contributed by atoms with Crippen LogP contribution in [0.1, 0.15) is 36.7 Å². The Labute approximate surface area is 165 Å². The first-order valence-corrected chi connectivity index (χ1v) is 10.1. The van der Waals surface area contributed by atoms with Crippen LogP contribution in [0.15, 0.2) is 48.5 Å². The van der Waals surface area contributed by atoms with E-state index < -0.39 is 0 Å². The number of hydrogen-bond donors (Lipinski definition) is 0. The molecule has 2 aromatic carbocycles. The second-order valence-electron chi connectivity index (χ2n) is 8.04. The molecule has 0 unspecified atom stereocenters. The van der Waals surface area contributed by atoms with E-state index in [1.807, 2.05) is 6.07 Å². The Morgan fingerprint density at radius 2 is 1.79 bits per heavy atom. The van der Waals surface area contributed by atoms with Crippen LogP contribution in [0, 0.1) is 12.8 Å². The largest absolute Gasteiger partial charge is 0.342 e. The summed E-state index contributed by atoms with van der Waals surface area (Å²) < 4.78 is 2.19. The highest BCUT2D eigenvalue weighted by Gasteiger charge is 2.23. The molecule has 142 valence electrons. The molecule has 1 aliphatic rings. The van der Waals surface area contributed by atoms with E-state index in [-0.39, 0.29) is 0 Å². The fourth-order valence-corrected chi connectivity index (χ4v) is 4.10. The third-order valence-corrected chi connectivity index (χ3v) is 5.82. The van der Waals surface area contributed by atoms with Crippen molar-refractivity contribution in [2.24, 2.45) is 5.92 Å². The molecule has 0 bridgehead atoms. The van der Waals surface area contributed by atoms with E-state index >= 15 is 0 Å². The number of rotatable bonds is 3. The van der Waals surface area contributed by atoms with Gasteiger partial charge in [0, 0.05) is 24.9 Å². The van der Waals surface area contributed by atoms with Gasteiger partial charge in [-0.05, 0) is 43.4 Å². The molecule has 1 fully saturated rings. The van der Waals surface area contributed by atoms with Crippen molar-refractivity contribution in [3.8, 4) is 0 Å². The van der Waals surface area contributed by atoms with Crippen LogP contribution in [-0.2, 0) is 6.42 Å². The van der Waals surface area contributed by atoms with Crippen LogP contribution < -0.4 is 4.90 Å². The average Bonchev–Trinajstić information content (AvgIpc) is 3.13. The maximum atomic E-state index is 5.08. The lowest BCUT2D eigenvalue weighted by Gasteiger charge is -2.31. The number of fused-ring (bicyclic) bond motifs is 3. The predicted octanol–water partition coefficient (Wildman–Crippen LogP) is 4.41. The molecule has 1 saturated heterocycles. The molecule has 0 aliphatic carbocycles. The number of hydrogen-bond acceptors (Lipinski definition) is 4. The van der Waals surface area contributed by atoms with Crippen molar-refractivity contribution in [1.29, 1.82) is 0 Å². The molecule has 2 aromatic heterocycles. The fourth-order valence-electron chi connectivity index (χ4n) is 4.10. The molecule has 5 heteroatoms. The van der Waals surface area contributed by atoms with Gasteiger partial charge in [0.2, 0.25) is 5.95 Å². The molecule has 28 heavy (non-hydrogen) atoms. The molecule has 4 aromatic rings. The molecule has 5 rings (SSSR count). The number of aromatic nitrogens is 4. The Hall–Kier alpha value is -2.95. The van der Waals surface area contributed by atoms with E-state index in [2.05, 4.69) is 75.8 Å². The number of benzene rings is 2. The third kappa shape index (κ3) is 3.01. The van der Waals surface area contributed by atoms with Crippen LogP contribution >= 0.6 is 0 Å². The highest BCUT2D eigenvalue weighted by atomic mass is 15.4. The van der Waals surface area contributed by atoms with Gasteiger partial charge in [-0.2, -0.15) is 0 Å². The van der Waals surface area contributed by atoms with E-state index in [1.165, 1.54) is 24.0 Å². The molecule has 0 spiro atoms. The van der Waals surface area contributed by atoms with Gasteiger partial charge in [0.15, 0.2) is 5.65 Å². The predicted molar refractivity (Wildman–Crippen MR) is 113 cm³/mol. The highest BCUT2D eigenvalue weighted by molar-refractivity contribution is 5.93. The minimum Gasteiger partial charge on any atom is -0.342 e. The maximum Gasteiger partial charge on any atom is 0.213 e. The van der Waals surface area contributed by atoms with E-state index in [1.54, 1.807) is 0 Å². The molecule has 0 saturated carbocycles. The van der Waals surface area contributed by atoms with Crippen LogP contribution in [0.5, 0.6) is 0 Å². The number of aryl methyl sites for hydroxylation is 1. The molecular formula is C23H25N5. The summed E-state index contributed by atoms with van der Waals surface area (Å²) in [5.41, 5.74) is 4.35. The van der Waals surface area contributed by atoms with Crippen molar-refractivity contribution in [2.75, 3.05) is 18.0 Å². The molecule has 0 N–H and O–H groups in total. The standard InChI is InChI=1S/C23H25N5/c1-16-10-12-27(13-11-16)23-24-20-9-8-17(2)14-19(20)22-26-25-21(28(22)23)15-18-6-4-3-5-7-18/h3-9,14,16H,10-13,15H2,1-2H3. The van der Waals surface area contributed by atoms with Crippen LogP contribution in [-0.4, -0.2) is 32.7 Å². The SMILES string of the molecule is Cc1ccc2nc(N3CCC(C)CC3)n3c(Cc4ccccc4)nnc3c2c1. The normalized spacial score (nSPS) is 15.6. The van der Waals surface area contributed by atoms with Gasteiger partial charge in [-0.25, -0.2) is 9.38 Å². The monoisotopic (exact) mass is 371 g/mol. The number of piperidine rings is 1. The topological polar surface area (TPSA) is 46.3 Å². The fraction of sp³-hybridized carbons (Fsp3) is 0.348. The van der Waals surface area contributed by atoms with Crippen molar-refractivity contribution >= 4 is 22.5 Å². The Bertz CT molecular complexity index is 1120. The lowest BCUT2D eigenvalue weighted by molar-refractivity contribution is 0.433. The number of nitrogens with zero attached hydrogens (tertiary/aromatic N) is 5. The maximum absolute atomic E-state index is 5.08. The Morgan fingerprint density at radius 3 is 2.57 bits per heavy atom. The summed E-state index contributed by atoms with van der Waals surface area (Å²) in [5, 5.41) is 10.3. The zero-order valence-corrected chi connectivity index (χ0v) is 16.5. The lowest BCUT2D eigenvalue weighted by Crippen LogP contribution is -2.35. The third-order valence-electron chi connectivity index (χ3n) is 5.82. The van der Waals surface area contributed by atoms with Crippen molar-refractivity contribution < 1.29 is 0 Å². The first kappa shape index (κ1) is 17.2. The van der Waals surface area contributed by atoms with Crippen molar-refractivity contribution in [3.63, 3.8) is 0 Å². The molecule has 0 amide bonds.